The molecule has 2 rings (SSSR count). The van der Waals surface area contributed by atoms with Gasteiger partial charge in [-0.15, -0.1) is 21.5 Å². The fourth-order valence-corrected chi connectivity index (χ4v) is 2.71. The Labute approximate surface area is 114 Å². The summed E-state index contributed by atoms with van der Waals surface area (Å²) in [7, 11) is 0. The Morgan fingerprint density at radius 1 is 1.35 bits per heavy atom. The predicted octanol–water partition coefficient (Wildman–Crippen LogP) is 4.02. The van der Waals surface area contributed by atoms with Gasteiger partial charge in [0.2, 0.25) is 0 Å². The zero-order valence-electron chi connectivity index (χ0n) is 9.20. The number of halogens is 2. The van der Waals surface area contributed by atoms with Crippen molar-refractivity contribution in [2.24, 2.45) is 0 Å². The van der Waals surface area contributed by atoms with Crippen LogP contribution in [-0.2, 0) is 13.0 Å². The van der Waals surface area contributed by atoms with Crippen LogP contribution in [0.4, 0.5) is 5.69 Å². The second-order valence-electron chi connectivity index (χ2n) is 3.45. The number of hydrogen-bond donors (Lipinski definition) is 1. The normalized spacial score (nSPS) is 10.5. The van der Waals surface area contributed by atoms with Gasteiger partial charge in [0.15, 0.2) is 10.3 Å². The maximum absolute atomic E-state index is 5.92. The molecule has 2 aromatic rings. The van der Waals surface area contributed by atoms with Crippen molar-refractivity contribution < 1.29 is 0 Å². The summed E-state index contributed by atoms with van der Waals surface area (Å²) in [5.41, 5.74) is 2.06. The molecular weight excluding hydrogens is 277 g/mol. The summed E-state index contributed by atoms with van der Waals surface area (Å²) in [5, 5.41) is 13.4. The van der Waals surface area contributed by atoms with E-state index in [1.165, 1.54) is 10.4 Å². The number of nitrogens with zero attached hydrogens (tertiary/aromatic N) is 2. The van der Waals surface area contributed by atoms with Gasteiger partial charge in [0, 0.05) is 17.5 Å². The third kappa shape index (κ3) is 3.09. The van der Waals surface area contributed by atoms with Crippen molar-refractivity contribution in [3.05, 3.63) is 38.3 Å². The lowest BCUT2D eigenvalue weighted by atomic mass is 10.2. The molecule has 0 amide bonds. The van der Waals surface area contributed by atoms with E-state index in [0.29, 0.717) is 16.0 Å². The fraction of sp³-hybridized carbons (Fsp3) is 0.273. The summed E-state index contributed by atoms with van der Waals surface area (Å²) in [6.45, 7) is 2.87. The van der Waals surface area contributed by atoms with Crippen LogP contribution in [0.15, 0.2) is 17.5 Å². The molecular formula is C11H11Cl2N3S. The maximum Gasteiger partial charge on any atom is 0.174 e. The highest BCUT2D eigenvalue weighted by atomic mass is 35.5. The van der Waals surface area contributed by atoms with Crippen molar-refractivity contribution in [3.8, 4) is 0 Å². The topological polar surface area (TPSA) is 37.8 Å². The first kappa shape index (κ1) is 12.6. The van der Waals surface area contributed by atoms with Crippen LogP contribution < -0.4 is 5.32 Å². The van der Waals surface area contributed by atoms with Crippen molar-refractivity contribution in [2.75, 3.05) is 5.32 Å². The molecule has 0 saturated heterocycles. The Bertz CT molecular complexity index is 513. The number of aryl methyl sites for hydroxylation is 1. The molecule has 0 atom stereocenters. The first-order valence-corrected chi connectivity index (χ1v) is 6.82. The zero-order chi connectivity index (χ0) is 12.3. The standard InChI is InChI=1S/C11H11Cl2N3S/c1-2-7-3-4-17-9(7)6-14-8-5-10(12)15-16-11(8)13/h3-5H,2,6H2,1H3,(H,14,15). The Balaban J connectivity index is 2.09. The number of aromatic nitrogens is 2. The van der Waals surface area contributed by atoms with Gasteiger partial charge in [-0.1, -0.05) is 30.1 Å². The molecule has 17 heavy (non-hydrogen) atoms. The third-order valence-electron chi connectivity index (χ3n) is 2.38. The second kappa shape index (κ2) is 5.67. The van der Waals surface area contributed by atoms with Crippen LogP contribution in [0.1, 0.15) is 17.4 Å². The largest absolute Gasteiger partial charge is 0.378 e. The molecule has 90 valence electrons. The zero-order valence-corrected chi connectivity index (χ0v) is 11.5. The van der Waals surface area contributed by atoms with Gasteiger partial charge in [-0.3, -0.25) is 0 Å². The lowest BCUT2D eigenvalue weighted by Gasteiger charge is -2.07. The number of hydrogen-bond acceptors (Lipinski definition) is 4. The van der Waals surface area contributed by atoms with Crippen LogP contribution >= 0.6 is 34.5 Å². The number of nitrogens with one attached hydrogen (secondary N) is 1. The van der Waals surface area contributed by atoms with E-state index >= 15 is 0 Å². The first-order chi connectivity index (χ1) is 8.20. The van der Waals surface area contributed by atoms with Crippen LogP contribution in [0.2, 0.25) is 10.3 Å². The van der Waals surface area contributed by atoms with Crippen molar-refractivity contribution in [1.82, 2.24) is 10.2 Å². The monoisotopic (exact) mass is 287 g/mol. The van der Waals surface area contributed by atoms with Crippen LogP contribution in [0.25, 0.3) is 0 Å². The Hall–Kier alpha value is -0.840. The van der Waals surface area contributed by atoms with Gasteiger partial charge in [-0.2, -0.15) is 0 Å². The summed E-state index contributed by atoms with van der Waals surface area (Å²) in [5.74, 6) is 0. The van der Waals surface area contributed by atoms with E-state index in [0.717, 1.165) is 13.0 Å². The van der Waals surface area contributed by atoms with Gasteiger partial charge in [0.05, 0.1) is 5.69 Å². The molecule has 6 heteroatoms. The molecule has 0 aromatic carbocycles. The molecule has 2 aromatic heterocycles. The number of rotatable bonds is 4. The Morgan fingerprint density at radius 3 is 2.94 bits per heavy atom. The highest BCUT2D eigenvalue weighted by Gasteiger charge is 2.06. The van der Waals surface area contributed by atoms with Gasteiger partial charge in [0.25, 0.3) is 0 Å². The molecule has 0 aliphatic heterocycles. The molecule has 3 nitrogen and oxygen atoms in total. The number of thiophene rings is 1. The van der Waals surface area contributed by atoms with E-state index in [2.05, 4.69) is 33.9 Å². The molecule has 0 aliphatic rings. The maximum atomic E-state index is 5.92. The molecule has 0 fully saturated rings. The molecule has 0 saturated carbocycles. The van der Waals surface area contributed by atoms with Gasteiger partial charge in [-0.05, 0) is 23.4 Å². The molecule has 0 spiro atoms. The summed E-state index contributed by atoms with van der Waals surface area (Å²) in [4.78, 5) is 1.30. The van der Waals surface area contributed by atoms with E-state index in [1.54, 1.807) is 17.4 Å². The van der Waals surface area contributed by atoms with Crippen molar-refractivity contribution in [1.29, 1.82) is 0 Å². The minimum Gasteiger partial charge on any atom is -0.378 e. The molecule has 0 unspecified atom stereocenters. The summed E-state index contributed by atoms with van der Waals surface area (Å²) >= 11 is 13.4. The van der Waals surface area contributed by atoms with Crippen molar-refractivity contribution in [2.45, 2.75) is 19.9 Å². The van der Waals surface area contributed by atoms with Crippen LogP contribution in [0.5, 0.6) is 0 Å². The van der Waals surface area contributed by atoms with E-state index in [4.69, 9.17) is 23.2 Å². The van der Waals surface area contributed by atoms with Gasteiger partial charge < -0.3 is 5.32 Å². The fourth-order valence-electron chi connectivity index (χ4n) is 1.49. The summed E-state index contributed by atoms with van der Waals surface area (Å²) < 4.78 is 0. The average Bonchev–Trinajstić information content (AvgIpc) is 2.77. The van der Waals surface area contributed by atoms with Crippen LogP contribution in [-0.4, -0.2) is 10.2 Å². The van der Waals surface area contributed by atoms with Crippen molar-refractivity contribution in [3.63, 3.8) is 0 Å². The third-order valence-corrected chi connectivity index (χ3v) is 3.80. The minimum absolute atomic E-state index is 0.332. The molecule has 0 aliphatic carbocycles. The summed E-state index contributed by atoms with van der Waals surface area (Å²) in [6, 6.07) is 3.82. The Kier molecular flexibility index (Phi) is 4.20. The lowest BCUT2D eigenvalue weighted by Crippen LogP contribution is -2.01. The lowest BCUT2D eigenvalue weighted by molar-refractivity contribution is 1.02. The minimum atomic E-state index is 0.332. The highest BCUT2D eigenvalue weighted by molar-refractivity contribution is 7.10. The summed E-state index contributed by atoms with van der Waals surface area (Å²) in [6.07, 6.45) is 1.03. The van der Waals surface area contributed by atoms with Gasteiger partial charge >= 0.3 is 0 Å². The van der Waals surface area contributed by atoms with Crippen LogP contribution in [0, 0.1) is 0 Å². The predicted molar refractivity (Wildman–Crippen MR) is 73.1 cm³/mol. The van der Waals surface area contributed by atoms with E-state index in [-0.39, 0.29) is 0 Å². The molecule has 1 N–H and O–H groups in total. The van der Waals surface area contributed by atoms with Crippen LogP contribution in [0.3, 0.4) is 0 Å². The second-order valence-corrected chi connectivity index (χ2v) is 5.19. The average molecular weight is 288 g/mol. The quantitative estimate of drug-likeness (QED) is 0.923. The van der Waals surface area contributed by atoms with E-state index < -0.39 is 0 Å². The van der Waals surface area contributed by atoms with Gasteiger partial charge in [-0.25, -0.2) is 0 Å². The Morgan fingerprint density at radius 2 is 2.18 bits per heavy atom. The molecule has 0 bridgehead atoms. The van der Waals surface area contributed by atoms with Gasteiger partial charge in [0.1, 0.15) is 0 Å². The van der Waals surface area contributed by atoms with Crippen molar-refractivity contribution >= 4 is 40.2 Å². The van der Waals surface area contributed by atoms with E-state index in [1.807, 2.05) is 0 Å². The first-order valence-electron chi connectivity index (χ1n) is 5.18. The number of anilines is 1. The highest BCUT2D eigenvalue weighted by Crippen LogP contribution is 2.23. The molecule has 2 heterocycles. The molecule has 0 radical (unpaired) electrons. The smallest absolute Gasteiger partial charge is 0.174 e. The van der Waals surface area contributed by atoms with E-state index in [9.17, 15) is 0 Å². The SMILES string of the molecule is CCc1ccsc1CNc1cc(Cl)nnc1Cl.